The molecular formula is C15H18N4O. The predicted molar refractivity (Wildman–Crippen MR) is 77.8 cm³/mol. The highest BCUT2D eigenvalue weighted by Crippen LogP contribution is 2.21. The standard InChI is InChI=1S/C15H18N4O/c1-10-13(9-17-19(10)2)15(20)18-12-7-11-5-3-4-6-14(11)16-8-12/h3-6,9,12,16H,7-8H2,1-2H3,(H,18,20). The molecule has 1 amide bonds. The van der Waals surface area contributed by atoms with E-state index in [1.54, 1.807) is 10.9 Å². The van der Waals surface area contributed by atoms with Crippen LogP contribution in [0.1, 0.15) is 21.6 Å². The first-order valence-corrected chi connectivity index (χ1v) is 6.76. The van der Waals surface area contributed by atoms with Gasteiger partial charge < -0.3 is 10.6 Å². The molecule has 1 aliphatic heterocycles. The highest BCUT2D eigenvalue weighted by atomic mass is 16.1. The van der Waals surface area contributed by atoms with Gasteiger partial charge in [-0.15, -0.1) is 0 Å². The highest BCUT2D eigenvalue weighted by Gasteiger charge is 2.21. The van der Waals surface area contributed by atoms with Gasteiger partial charge in [0, 0.05) is 25.0 Å². The third kappa shape index (κ3) is 2.27. The second kappa shape index (κ2) is 5.00. The zero-order valence-electron chi connectivity index (χ0n) is 11.7. The summed E-state index contributed by atoms with van der Waals surface area (Å²) < 4.78 is 1.71. The van der Waals surface area contributed by atoms with E-state index in [0.29, 0.717) is 5.56 Å². The maximum atomic E-state index is 12.3. The fraction of sp³-hybridized carbons (Fsp3) is 0.333. The number of para-hydroxylation sites is 1. The van der Waals surface area contributed by atoms with E-state index < -0.39 is 0 Å². The van der Waals surface area contributed by atoms with Crippen LogP contribution < -0.4 is 10.6 Å². The molecule has 2 N–H and O–H groups in total. The van der Waals surface area contributed by atoms with Gasteiger partial charge in [-0.1, -0.05) is 18.2 Å². The topological polar surface area (TPSA) is 59.0 Å². The molecule has 5 nitrogen and oxygen atoms in total. The number of fused-ring (bicyclic) bond motifs is 1. The first-order chi connectivity index (χ1) is 9.65. The fourth-order valence-corrected chi connectivity index (χ4v) is 2.53. The molecule has 1 unspecified atom stereocenters. The van der Waals surface area contributed by atoms with Crippen molar-refractivity contribution in [3.63, 3.8) is 0 Å². The number of aryl methyl sites for hydroxylation is 1. The highest BCUT2D eigenvalue weighted by molar-refractivity contribution is 5.95. The molecule has 104 valence electrons. The maximum absolute atomic E-state index is 12.3. The molecule has 3 rings (SSSR count). The van der Waals surface area contributed by atoms with E-state index in [0.717, 1.165) is 24.3 Å². The number of nitrogens with one attached hydrogen (secondary N) is 2. The number of nitrogens with zero attached hydrogens (tertiary/aromatic N) is 2. The molecule has 1 aromatic heterocycles. The molecule has 5 heteroatoms. The van der Waals surface area contributed by atoms with Gasteiger partial charge >= 0.3 is 0 Å². The Morgan fingerprint density at radius 1 is 1.45 bits per heavy atom. The summed E-state index contributed by atoms with van der Waals surface area (Å²) in [6.45, 7) is 2.65. The van der Waals surface area contributed by atoms with Crippen molar-refractivity contribution in [2.24, 2.45) is 7.05 Å². The Bertz CT molecular complexity index is 647. The van der Waals surface area contributed by atoms with Crippen LogP contribution >= 0.6 is 0 Å². The summed E-state index contributed by atoms with van der Waals surface area (Å²) in [6.07, 6.45) is 2.48. The van der Waals surface area contributed by atoms with E-state index >= 15 is 0 Å². The molecule has 2 aromatic rings. The van der Waals surface area contributed by atoms with Crippen LogP contribution in [0.25, 0.3) is 0 Å². The van der Waals surface area contributed by atoms with E-state index in [2.05, 4.69) is 27.9 Å². The Hall–Kier alpha value is -2.30. The minimum atomic E-state index is -0.0539. The number of aromatic nitrogens is 2. The van der Waals surface area contributed by atoms with Gasteiger partial charge in [0.25, 0.3) is 5.91 Å². The molecule has 0 saturated heterocycles. The molecule has 0 bridgehead atoms. The van der Waals surface area contributed by atoms with Crippen molar-refractivity contribution in [1.82, 2.24) is 15.1 Å². The van der Waals surface area contributed by atoms with Crippen molar-refractivity contribution < 1.29 is 4.79 Å². The number of hydrogen-bond acceptors (Lipinski definition) is 3. The number of rotatable bonds is 2. The molecule has 0 aliphatic carbocycles. The summed E-state index contributed by atoms with van der Waals surface area (Å²) in [5, 5.41) is 10.5. The van der Waals surface area contributed by atoms with Gasteiger partial charge in [-0.25, -0.2) is 0 Å². The minimum Gasteiger partial charge on any atom is -0.383 e. The van der Waals surface area contributed by atoms with E-state index in [9.17, 15) is 4.79 Å². The van der Waals surface area contributed by atoms with Crippen LogP contribution in [0.4, 0.5) is 5.69 Å². The summed E-state index contributed by atoms with van der Waals surface area (Å²) in [5.74, 6) is -0.0539. The molecule has 0 spiro atoms. The quantitative estimate of drug-likeness (QED) is 0.869. The molecular weight excluding hydrogens is 252 g/mol. The van der Waals surface area contributed by atoms with E-state index in [4.69, 9.17) is 0 Å². The van der Waals surface area contributed by atoms with E-state index in [1.807, 2.05) is 26.1 Å². The first-order valence-electron chi connectivity index (χ1n) is 6.76. The summed E-state index contributed by atoms with van der Waals surface area (Å²) in [7, 11) is 1.84. The molecule has 1 aliphatic rings. The summed E-state index contributed by atoms with van der Waals surface area (Å²) in [4.78, 5) is 12.3. The predicted octanol–water partition coefficient (Wildman–Crippen LogP) is 1.50. The Morgan fingerprint density at radius 3 is 3.00 bits per heavy atom. The summed E-state index contributed by atoms with van der Waals surface area (Å²) in [5.41, 5.74) is 3.93. The van der Waals surface area contributed by atoms with Crippen LogP contribution in [0, 0.1) is 6.92 Å². The number of amides is 1. The van der Waals surface area contributed by atoms with Crippen molar-refractivity contribution in [2.45, 2.75) is 19.4 Å². The number of hydrogen-bond donors (Lipinski definition) is 2. The Morgan fingerprint density at radius 2 is 2.25 bits per heavy atom. The van der Waals surface area contributed by atoms with Crippen molar-refractivity contribution in [1.29, 1.82) is 0 Å². The summed E-state index contributed by atoms with van der Waals surface area (Å²) >= 11 is 0. The average molecular weight is 270 g/mol. The van der Waals surface area contributed by atoms with Crippen LogP contribution in [-0.4, -0.2) is 28.3 Å². The van der Waals surface area contributed by atoms with E-state index in [1.165, 1.54) is 5.56 Å². The molecule has 1 atom stereocenters. The van der Waals surface area contributed by atoms with Crippen molar-refractivity contribution >= 4 is 11.6 Å². The lowest BCUT2D eigenvalue weighted by molar-refractivity contribution is 0.0937. The third-order valence-corrected chi connectivity index (χ3v) is 3.84. The maximum Gasteiger partial charge on any atom is 0.255 e. The van der Waals surface area contributed by atoms with Crippen LogP contribution in [0.3, 0.4) is 0 Å². The largest absolute Gasteiger partial charge is 0.383 e. The van der Waals surface area contributed by atoms with Crippen molar-refractivity contribution in [3.8, 4) is 0 Å². The number of carbonyl (C=O) groups excluding carboxylic acids is 1. The Kier molecular flexibility index (Phi) is 3.18. The lowest BCUT2D eigenvalue weighted by Gasteiger charge is -2.26. The minimum absolute atomic E-state index is 0.0539. The van der Waals surface area contributed by atoms with Gasteiger partial charge in [-0.3, -0.25) is 9.48 Å². The first kappa shape index (κ1) is 12.7. The normalized spacial score (nSPS) is 17.2. The zero-order chi connectivity index (χ0) is 14.1. The van der Waals surface area contributed by atoms with Gasteiger partial charge in [0.1, 0.15) is 0 Å². The molecule has 0 fully saturated rings. The molecule has 2 heterocycles. The van der Waals surface area contributed by atoms with Crippen molar-refractivity contribution in [3.05, 3.63) is 47.3 Å². The van der Waals surface area contributed by atoms with E-state index in [-0.39, 0.29) is 11.9 Å². The summed E-state index contributed by atoms with van der Waals surface area (Å²) in [6, 6.07) is 8.31. The van der Waals surface area contributed by atoms with Crippen LogP contribution in [0.2, 0.25) is 0 Å². The van der Waals surface area contributed by atoms with Gasteiger partial charge in [-0.05, 0) is 25.0 Å². The molecule has 0 radical (unpaired) electrons. The number of benzene rings is 1. The van der Waals surface area contributed by atoms with Gasteiger partial charge in [0.15, 0.2) is 0 Å². The lowest BCUT2D eigenvalue weighted by Crippen LogP contribution is -2.43. The molecule has 20 heavy (non-hydrogen) atoms. The third-order valence-electron chi connectivity index (χ3n) is 3.84. The Labute approximate surface area is 118 Å². The number of carbonyl (C=O) groups is 1. The smallest absolute Gasteiger partial charge is 0.255 e. The SMILES string of the molecule is Cc1c(C(=O)NC2CNc3ccccc3C2)cnn1C. The second-order valence-corrected chi connectivity index (χ2v) is 5.18. The number of anilines is 1. The zero-order valence-corrected chi connectivity index (χ0v) is 11.7. The Balaban J connectivity index is 1.71. The second-order valence-electron chi connectivity index (χ2n) is 5.18. The molecule has 1 aromatic carbocycles. The monoisotopic (exact) mass is 270 g/mol. The average Bonchev–Trinajstić information content (AvgIpc) is 2.79. The van der Waals surface area contributed by atoms with Crippen molar-refractivity contribution in [2.75, 3.05) is 11.9 Å². The lowest BCUT2D eigenvalue weighted by atomic mass is 9.99. The van der Waals surface area contributed by atoms with Crippen LogP contribution in [0.15, 0.2) is 30.5 Å². The van der Waals surface area contributed by atoms with Crippen LogP contribution in [0.5, 0.6) is 0 Å². The van der Waals surface area contributed by atoms with Gasteiger partial charge in [0.2, 0.25) is 0 Å². The van der Waals surface area contributed by atoms with Crippen LogP contribution in [-0.2, 0) is 13.5 Å². The van der Waals surface area contributed by atoms with Gasteiger partial charge in [-0.2, -0.15) is 5.10 Å². The molecule has 0 saturated carbocycles. The van der Waals surface area contributed by atoms with Gasteiger partial charge in [0.05, 0.1) is 17.8 Å². The fourth-order valence-electron chi connectivity index (χ4n) is 2.53.